The molecule has 7 nitrogen and oxygen atoms in total. The number of imidazole rings is 1. The molecule has 1 aliphatic carbocycles. The number of likely N-dealkylation sites (tertiary alicyclic amines) is 2. The number of carbonyl (C=O) groups excluding carboxylic acids is 2. The van der Waals surface area contributed by atoms with Crippen molar-refractivity contribution in [3.05, 3.63) is 87.0 Å². The fourth-order valence-electron chi connectivity index (χ4n) is 6.64. The Labute approximate surface area is 247 Å². The second-order valence-electron chi connectivity index (χ2n) is 11.9. The van der Waals surface area contributed by atoms with E-state index in [2.05, 4.69) is 20.2 Å². The molecule has 3 aliphatic rings. The summed E-state index contributed by atoms with van der Waals surface area (Å²) < 4.78 is 39.6. The molecule has 222 valence electrons. The van der Waals surface area contributed by atoms with Crippen molar-refractivity contribution in [1.82, 2.24) is 25.1 Å². The third-order valence-electron chi connectivity index (χ3n) is 9.26. The van der Waals surface area contributed by atoms with E-state index in [1.165, 1.54) is 0 Å². The monoisotopic (exact) mass is 599 g/mol. The van der Waals surface area contributed by atoms with Gasteiger partial charge in [-0.1, -0.05) is 17.7 Å². The minimum absolute atomic E-state index is 0.0258. The molecule has 2 aliphatic heterocycles. The van der Waals surface area contributed by atoms with Crippen LogP contribution in [0, 0.1) is 12.3 Å². The zero-order valence-corrected chi connectivity index (χ0v) is 24.1. The molecule has 0 radical (unpaired) electrons. The molecule has 0 saturated carbocycles. The Bertz CT molecular complexity index is 1510. The summed E-state index contributed by atoms with van der Waals surface area (Å²) in [5.74, 6) is -0.696. The van der Waals surface area contributed by atoms with E-state index in [4.69, 9.17) is 11.6 Å². The zero-order valence-electron chi connectivity index (χ0n) is 23.4. The molecule has 1 atom stereocenters. The number of nitrogens with zero attached hydrogens (tertiary/aromatic N) is 3. The van der Waals surface area contributed by atoms with Crippen molar-refractivity contribution < 1.29 is 22.8 Å². The topological polar surface area (TPSA) is 81.3 Å². The van der Waals surface area contributed by atoms with Crippen LogP contribution >= 0.6 is 11.6 Å². The van der Waals surface area contributed by atoms with Crippen LogP contribution in [-0.2, 0) is 19.1 Å². The maximum Gasteiger partial charge on any atom is 0.416 e. The fourth-order valence-corrected chi connectivity index (χ4v) is 6.84. The van der Waals surface area contributed by atoms with Crippen LogP contribution < -0.4 is 5.32 Å². The number of fused-ring (bicyclic) bond motifs is 1. The number of aromatic amines is 1. The summed E-state index contributed by atoms with van der Waals surface area (Å²) in [6, 6.07) is 7.91. The summed E-state index contributed by atoms with van der Waals surface area (Å²) in [6.07, 6.45) is 1.50. The quantitative estimate of drug-likeness (QED) is 0.381. The lowest BCUT2D eigenvalue weighted by Crippen LogP contribution is -2.42. The summed E-state index contributed by atoms with van der Waals surface area (Å²) in [7, 11) is 0. The smallest absolute Gasteiger partial charge is 0.348 e. The van der Waals surface area contributed by atoms with Crippen molar-refractivity contribution >= 4 is 23.4 Å². The molecule has 2 N–H and O–H groups in total. The van der Waals surface area contributed by atoms with Gasteiger partial charge in [0.15, 0.2) is 0 Å². The number of halogens is 4. The van der Waals surface area contributed by atoms with E-state index < -0.39 is 23.7 Å². The normalized spacial score (nSPS) is 20.2. The average molecular weight is 600 g/mol. The molecule has 6 rings (SSSR count). The number of rotatable bonds is 5. The van der Waals surface area contributed by atoms with Crippen LogP contribution in [0.4, 0.5) is 13.2 Å². The van der Waals surface area contributed by atoms with Gasteiger partial charge in [-0.15, -0.1) is 0 Å². The van der Waals surface area contributed by atoms with E-state index in [0.29, 0.717) is 24.9 Å². The van der Waals surface area contributed by atoms with Crippen molar-refractivity contribution in [2.24, 2.45) is 5.41 Å². The maximum absolute atomic E-state index is 13.6. The van der Waals surface area contributed by atoms with Gasteiger partial charge in [-0.05, 0) is 99.0 Å². The number of nitrogens with one attached hydrogen (secondary N) is 2. The Balaban J connectivity index is 1.10. The average Bonchev–Trinajstić information content (AvgIpc) is 3.68. The van der Waals surface area contributed by atoms with Crippen LogP contribution in [0.1, 0.15) is 80.5 Å². The van der Waals surface area contributed by atoms with Crippen molar-refractivity contribution in [3.63, 3.8) is 0 Å². The molecule has 11 heteroatoms. The van der Waals surface area contributed by atoms with E-state index in [-0.39, 0.29) is 21.9 Å². The maximum atomic E-state index is 13.6. The van der Waals surface area contributed by atoms with Crippen molar-refractivity contribution in [2.45, 2.75) is 57.8 Å². The molecule has 2 amide bonds. The molecule has 2 aromatic carbocycles. The summed E-state index contributed by atoms with van der Waals surface area (Å²) in [4.78, 5) is 38.5. The first-order valence-electron chi connectivity index (χ1n) is 14.3. The number of aryl methyl sites for hydroxylation is 2. The van der Waals surface area contributed by atoms with Gasteiger partial charge >= 0.3 is 6.18 Å². The first kappa shape index (κ1) is 28.7. The number of amides is 2. The van der Waals surface area contributed by atoms with Crippen molar-refractivity contribution in [1.29, 1.82) is 0 Å². The molecule has 1 aromatic heterocycles. The van der Waals surface area contributed by atoms with Gasteiger partial charge in [-0.3, -0.25) is 14.5 Å². The fraction of sp³-hybridized carbons (Fsp3) is 0.452. The highest BCUT2D eigenvalue weighted by Crippen LogP contribution is 2.41. The molecule has 2 saturated heterocycles. The van der Waals surface area contributed by atoms with E-state index in [0.717, 1.165) is 86.2 Å². The van der Waals surface area contributed by atoms with Crippen LogP contribution in [0.3, 0.4) is 0 Å². The molecular weight excluding hydrogens is 567 g/mol. The Morgan fingerprint density at radius 3 is 2.60 bits per heavy atom. The number of H-pyrrole nitrogens is 1. The summed E-state index contributed by atoms with van der Waals surface area (Å²) in [6.45, 7) is 6.26. The second kappa shape index (κ2) is 11.0. The Hall–Kier alpha value is -3.37. The lowest BCUT2D eigenvalue weighted by atomic mass is 9.77. The molecule has 42 heavy (non-hydrogen) atoms. The van der Waals surface area contributed by atoms with Crippen LogP contribution in [0.5, 0.6) is 0 Å². The predicted octanol–water partition coefficient (Wildman–Crippen LogP) is 5.94. The van der Waals surface area contributed by atoms with Gasteiger partial charge in [0.1, 0.15) is 0 Å². The molecule has 3 aromatic rings. The minimum Gasteiger partial charge on any atom is -0.348 e. The third kappa shape index (κ3) is 5.66. The predicted molar refractivity (Wildman–Crippen MR) is 152 cm³/mol. The van der Waals surface area contributed by atoms with Gasteiger partial charge in [-0.25, -0.2) is 4.98 Å². The third-order valence-corrected chi connectivity index (χ3v) is 9.59. The van der Waals surface area contributed by atoms with Gasteiger partial charge in [0.25, 0.3) is 11.8 Å². The molecule has 3 heterocycles. The van der Waals surface area contributed by atoms with Crippen molar-refractivity contribution in [2.75, 3.05) is 26.2 Å². The van der Waals surface area contributed by atoms with Crippen LogP contribution in [0.2, 0.25) is 5.02 Å². The van der Waals surface area contributed by atoms with Crippen LogP contribution in [0.25, 0.3) is 0 Å². The molecule has 1 spiro atoms. The second-order valence-corrected chi connectivity index (χ2v) is 12.3. The Morgan fingerprint density at radius 2 is 1.88 bits per heavy atom. The summed E-state index contributed by atoms with van der Waals surface area (Å²) in [5, 5.41) is 2.80. The zero-order chi connectivity index (χ0) is 29.6. The number of carbonyl (C=O) groups is 2. The van der Waals surface area contributed by atoms with Gasteiger partial charge < -0.3 is 15.2 Å². The largest absolute Gasteiger partial charge is 0.416 e. The lowest BCUT2D eigenvalue weighted by Gasteiger charge is -2.39. The highest BCUT2D eigenvalue weighted by atomic mass is 35.5. The standard InChI is InChI=1S/C31H33ClF3N5O2/c1-19-27(37-18-36-19)16-39-11-8-30(9-12-39)10-13-40(17-30)29(42)21-3-2-20-4-7-26(23(20)14-21)38-28(41)24-15-22(31(33,34)35)5-6-25(24)32/h2-3,5-6,14-15,18,26H,4,7-13,16-17H2,1H3,(H,36,37)(H,38,41). The lowest BCUT2D eigenvalue weighted by molar-refractivity contribution is -0.137. The number of piperidine rings is 1. The van der Waals surface area contributed by atoms with E-state index in [1.807, 2.05) is 30.0 Å². The SMILES string of the molecule is Cc1[nH]cnc1CN1CCC2(CC1)CCN(C(=O)c1ccc3c(c1)C(NC(=O)c1cc(C(F)(F)F)ccc1Cl)CC3)C2. The van der Waals surface area contributed by atoms with E-state index >= 15 is 0 Å². The Kier molecular flexibility index (Phi) is 7.55. The number of benzene rings is 2. The van der Waals surface area contributed by atoms with Crippen LogP contribution in [-0.4, -0.2) is 57.8 Å². The highest BCUT2D eigenvalue weighted by Gasteiger charge is 2.42. The number of alkyl halides is 3. The van der Waals surface area contributed by atoms with Crippen LogP contribution in [0.15, 0.2) is 42.7 Å². The minimum atomic E-state index is -4.58. The van der Waals surface area contributed by atoms with E-state index in [1.54, 1.807) is 6.33 Å². The number of hydrogen-bond acceptors (Lipinski definition) is 4. The molecule has 0 bridgehead atoms. The molecule has 2 fully saturated rings. The summed E-state index contributed by atoms with van der Waals surface area (Å²) in [5.41, 5.74) is 3.57. The van der Waals surface area contributed by atoms with E-state index in [9.17, 15) is 22.8 Å². The number of aromatic nitrogens is 2. The first-order valence-corrected chi connectivity index (χ1v) is 14.7. The summed E-state index contributed by atoms with van der Waals surface area (Å²) >= 11 is 6.09. The van der Waals surface area contributed by atoms with Crippen molar-refractivity contribution in [3.8, 4) is 0 Å². The Morgan fingerprint density at radius 1 is 1.12 bits per heavy atom. The van der Waals surface area contributed by atoms with Gasteiger partial charge in [0.05, 0.1) is 34.2 Å². The molecular formula is C31H33ClF3N5O2. The van der Waals surface area contributed by atoms with Gasteiger partial charge in [0.2, 0.25) is 0 Å². The highest BCUT2D eigenvalue weighted by molar-refractivity contribution is 6.33. The van der Waals surface area contributed by atoms with Gasteiger partial charge in [-0.2, -0.15) is 13.2 Å². The van der Waals surface area contributed by atoms with Gasteiger partial charge in [0, 0.05) is 30.9 Å². The first-order chi connectivity index (χ1) is 20.0. The number of hydrogen-bond donors (Lipinski definition) is 2. The molecule has 1 unspecified atom stereocenters.